The molecule has 0 radical (unpaired) electrons. The quantitative estimate of drug-likeness (QED) is 0.483. The van der Waals surface area contributed by atoms with Crippen LogP contribution in [0.4, 0.5) is 0 Å². The average Bonchev–Trinajstić information content (AvgIpc) is 2.62. The normalized spacial score (nSPS) is 10.6. The second-order valence-corrected chi connectivity index (χ2v) is 6.38. The van der Waals surface area contributed by atoms with Crippen LogP contribution >= 0.6 is 23.5 Å². The summed E-state index contributed by atoms with van der Waals surface area (Å²) >= 11 is 3.40. The zero-order valence-electron chi connectivity index (χ0n) is 12.5. The molecule has 1 heterocycles. The largest absolute Gasteiger partial charge is 0.236 e. The van der Waals surface area contributed by atoms with Crippen molar-refractivity contribution in [2.75, 3.05) is 12.5 Å². The van der Waals surface area contributed by atoms with Gasteiger partial charge in [0.2, 0.25) is 0 Å². The SMILES string of the molecule is CSc1ccc(-c2ncnc(SC)c2-c2ccccc2)cc1. The first-order valence-corrected chi connectivity index (χ1v) is 9.37. The fraction of sp³-hybridized carbons (Fsp3) is 0.111. The van der Waals surface area contributed by atoms with Crippen LogP contribution in [0.3, 0.4) is 0 Å². The van der Waals surface area contributed by atoms with Gasteiger partial charge in [-0.05, 0) is 30.2 Å². The molecular formula is C18H16N2S2. The summed E-state index contributed by atoms with van der Waals surface area (Å²) < 4.78 is 0. The number of rotatable bonds is 4. The van der Waals surface area contributed by atoms with Crippen molar-refractivity contribution in [3.8, 4) is 22.4 Å². The van der Waals surface area contributed by atoms with Crippen LogP contribution in [0.15, 0.2) is 70.8 Å². The van der Waals surface area contributed by atoms with Crippen molar-refractivity contribution in [1.29, 1.82) is 0 Å². The minimum atomic E-state index is 0.984. The van der Waals surface area contributed by atoms with Crippen molar-refractivity contribution < 1.29 is 0 Å². The second-order valence-electron chi connectivity index (χ2n) is 4.70. The summed E-state index contributed by atoms with van der Waals surface area (Å²) in [6.07, 6.45) is 5.78. The number of thioether (sulfide) groups is 2. The van der Waals surface area contributed by atoms with Crippen molar-refractivity contribution in [3.63, 3.8) is 0 Å². The van der Waals surface area contributed by atoms with Crippen molar-refractivity contribution in [2.24, 2.45) is 0 Å². The third kappa shape index (κ3) is 3.03. The third-order valence-corrected chi connectivity index (χ3v) is 4.87. The number of hydrogen-bond donors (Lipinski definition) is 0. The predicted octanol–water partition coefficient (Wildman–Crippen LogP) is 5.25. The average molecular weight is 324 g/mol. The van der Waals surface area contributed by atoms with Gasteiger partial charge < -0.3 is 0 Å². The lowest BCUT2D eigenvalue weighted by molar-refractivity contribution is 1.06. The van der Waals surface area contributed by atoms with E-state index in [4.69, 9.17) is 0 Å². The first kappa shape index (κ1) is 15.1. The number of aromatic nitrogens is 2. The Morgan fingerprint density at radius 1 is 0.727 bits per heavy atom. The van der Waals surface area contributed by atoms with Gasteiger partial charge in [0.25, 0.3) is 0 Å². The summed E-state index contributed by atoms with van der Waals surface area (Å²) in [5.41, 5.74) is 4.36. The highest BCUT2D eigenvalue weighted by Crippen LogP contribution is 2.36. The van der Waals surface area contributed by atoms with Crippen molar-refractivity contribution in [3.05, 3.63) is 60.9 Å². The molecule has 0 aliphatic rings. The van der Waals surface area contributed by atoms with Gasteiger partial charge in [0.05, 0.1) is 5.69 Å². The van der Waals surface area contributed by atoms with Crippen LogP contribution in [0.5, 0.6) is 0 Å². The van der Waals surface area contributed by atoms with Crippen molar-refractivity contribution >= 4 is 23.5 Å². The van der Waals surface area contributed by atoms with E-state index in [-0.39, 0.29) is 0 Å². The van der Waals surface area contributed by atoms with Crippen LogP contribution in [0.25, 0.3) is 22.4 Å². The molecule has 0 saturated carbocycles. The predicted molar refractivity (Wildman–Crippen MR) is 96.5 cm³/mol. The Hall–Kier alpha value is -1.78. The van der Waals surface area contributed by atoms with Crippen LogP contribution in [-0.2, 0) is 0 Å². The summed E-state index contributed by atoms with van der Waals surface area (Å²) in [4.78, 5) is 10.3. The maximum absolute atomic E-state index is 4.56. The molecule has 0 fully saturated rings. The van der Waals surface area contributed by atoms with E-state index in [9.17, 15) is 0 Å². The molecule has 1 aromatic heterocycles. The van der Waals surface area contributed by atoms with Gasteiger partial charge in [0.1, 0.15) is 11.4 Å². The molecule has 0 spiro atoms. The summed E-state index contributed by atoms with van der Waals surface area (Å²) in [6, 6.07) is 18.9. The Labute approximate surface area is 139 Å². The molecule has 0 N–H and O–H groups in total. The van der Waals surface area contributed by atoms with Gasteiger partial charge in [-0.1, -0.05) is 42.5 Å². The molecule has 110 valence electrons. The van der Waals surface area contributed by atoms with Crippen LogP contribution in [0.1, 0.15) is 0 Å². The molecule has 0 aliphatic carbocycles. The van der Waals surface area contributed by atoms with E-state index in [2.05, 4.69) is 58.9 Å². The maximum Gasteiger partial charge on any atom is 0.117 e. The molecule has 4 heteroatoms. The monoisotopic (exact) mass is 324 g/mol. The summed E-state index contributed by atoms with van der Waals surface area (Å²) in [6.45, 7) is 0. The molecule has 2 nitrogen and oxygen atoms in total. The van der Waals surface area contributed by atoms with E-state index >= 15 is 0 Å². The van der Waals surface area contributed by atoms with Gasteiger partial charge in [0.15, 0.2) is 0 Å². The zero-order valence-corrected chi connectivity index (χ0v) is 14.1. The first-order chi connectivity index (χ1) is 10.8. The minimum Gasteiger partial charge on any atom is -0.236 e. The molecule has 0 amide bonds. The lowest BCUT2D eigenvalue weighted by Crippen LogP contribution is -1.94. The highest BCUT2D eigenvalue weighted by Gasteiger charge is 2.14. The Kier molecular flexibility index (Phi) is 4.80. The minimum absolute atomic E-state index is 0.984. The lowest BCUT2D eigenvalue weighted by atomic mass is 10.0. The second kappa shape index (κ2) is 6.99. The molecule has 0 unspecified atom stereocenters. The Morgan fingerprint density at radius 2 is 1.45 bits per heavy atom. The van der Waals surface area contributed by atoms with Gasteiger partial charge in [-0.3, -0.25) is 0 Å². The number of hydrogen-bond acceptors (Lipinski definition) is 4. The highest BCUT2D eigenvalue weighted by molar-refractivity contribution is 7.98. The lowest BCUT2D eigenvalue weighted by Gasteiger charge is -2.12. The summed E-state index contributed by atoms with van der Waals surface area (Å²) in [7, 11) is 0. The Bertz CT molecular complexity index is 756. The maximum atomic E-state index is 4.56. The highest BCUT2D eigenvalue weighted by atomic mass is 32.2. The third-order valence-electron chi connectivity index (χ3n) is 3.43. The van der Waals surface area contributed by atoms with E-state index in [1.165, 1.54) is 4.90 Å². The fourth-order valence-corrected chi connectivity index (χ4v) is 3.34. The van der Waals surface area contributed by atoms with E-state index in [1.807, 2.05) is 18.2 Å². The van der Waals surface area contributed by atoms with Gasteiger partial charge in [-0.2, -0.15) is 0 Å². The Morgan fingerprint density at radius 3 is 2.09 bits per heavy atom. The fourth-order valence-electron chi connectivity index (χ4n) is 2.36. The molecule has 22 heavy (non-hydrogen) atoms. The van der Waals surface area contributed by atoms with Gasteiger partial charge in [0, 0.05) is 16.0 Å². The number of benzene rings is 2. The van der Waals surface area contributed by atoms with Crippen molar-refractivity contribution in [2.45, 2.75) is 9.92 Å². The number of nitrogens with zero attached hydrogens (tertiary/aromatic N) is 2. The standard InChI is InChI=1S/C18H16N2S2/c1-21-15-10-8-14(9-11-15)17-16(13-6-4-3-5-7-13)18(22-2)20-12-19-17/h3-12H,1-2H3. The van der Waals surface area contributed by atoms with Gasteiger partial charge >= 0.3 is 0 Å². The molecule has 0 aliphatic heterocycles. The molecule has 2 aromatic carbocycles. The van der Waals surface area contributed by atoms with Crippen LogP contribution in [0, 0.1) is 0 Å². The molecule has 3 rings (SSSR count). The van der Waals surface area contributed by atoms with E-state index in [0.29, 0.717) is 0 Å². The van der Waals surface area contributed by atoms with Crippen LogP contribution in [0.2, 0.25) is 0 Å². The topological polar surface area (TPSA) is 25.8 Å². The molecule has 0 saturated heterocycles. The molecule has 0 bridgehead atoms. The van der Waals surface area contributed by atoms with Gasteiger partial charge in [-0.15, -0.1) is 23.5 Å². The Balaban J connectivity index is 2.18. The smallest absolute Gasteiger partial charge is 0.117 e. The van der Waals surface area contributed by atoms with E-state index in [0.717, 1.165) is 27.4 Å². The van der Waals surface area contributed by atoms with E-state index < -0.39 is 0 Å². The van der Waals surface area contributed by atoms with E-state index in [1.54, 1.807) is 29.9 Å². The van der Waals surface area contributed by atoms with Crippen molar-refractivity contribution in [1.82, 2.24) is 9.97 Å². The molecule has 0 atom stereocenters. The zero-order chi connectivity index (χ0) is 15.4. The first-order valence-electron chi connectivity index (χ1n) is 6.92. The van der Waals surface area contributed by atoms with Gasteiger partial charge in [-0.25, -0.2) is 9.97 Å². The summed E-state index contributed by atoms with van der Waals surface area (Å²) in [5.74, 6) is 0. The summed E-state index contributed by atoms with van der Waals surface area (Å²) in [5, 5.41) is 1.00. The molecule has 3 aromatic rings. The van der Waals surface area contributed by atoms with Crippen LogP contribution in [-0.4, -0.2) is 22.5 Å². The van der Waals surface area contributed by atoms with Crippen LogP contribution < -0.4 is 0 Å². The molecular weight excluding hydrogens is 308 g/mol.